The summed E-state index contributed by atoms with van der Waals surface area (Å²) in [6.45, 7) is 0. The number of carbonyl (C=O) groups is 1. The van der Waals surface area contributed by atoms with Crippen LogP contribution in [0.25, 0.3) is 0 Å². The highest BCUT2D eigenvalue weighted by Crippen LogP contribution is 2.41. The van der Waals surface area contributed by atoms with Crippen LogP contribution in [0.2, 0.25) is 0 Å². The van der Waals surface area contributed by atoms with Gasteiger partial charge in [-0.05, 0) is 36.4 Å². The SMILES string of the molecule is COc1ccc(N2C(=O)c3ccccc3NC2c2ccccn2)c(OC)c1. The molecule has 0 aliphatic carbocycles. The van der Waals surface area contributed by atoms with Crippen LogP contribution in [0.3, 0.4) is 0 Å². The predicted octanol–water partition coefficient (Wildman–Crippen LogP) is 3.87. The molecule has 6 heteroatoms. The number of carbonyl (C=O) groups excluding carboxylic acids is 1. The number of ether oxygens (including phenoxy) is 2. The van der Waals surface area contributed by atoms with E-state index in [1.54, 1.807) is 37.4 Å². The lowest BCUT2D eigenvalue weighted by atomic mass is 10.0. The molecular weight excluding hydrogens is 342 g/mol. The normalized spacial score (nSPS) is 15.7. The molecule has 0 saturated heterocycles. The molecule has 1 aliphatic rings. The number of nitrogens with one attached hydrogen (secondary N) is 1. The minimum Gasteiger partial charge on any atom is -0.497 e. The van der Waals surface area contributed by atoms with Gasteiger partial charge in [0.15, 0.2) is 6.17 Å². The second-order valence-electron chi connectivity index (χ2n) is 6.06. The number of aromatic nitrogens is 1. The molecule has 136 valence electrons. The highest BCUT2D eigenvalue weighted by atomic mass is 16.5. The van der Waals surface area contributed by atoms with Gasteiger partial charge in [-0.3, -0.25) is 14.7 Å². The van der Waals surface area contributed by atoms with Crippen molar-refractivity contribution >= 4 is 17.3 Å². The van der Waals surface area contributed by atoms with Crippen molar-refractivity contribution in [1.82, 2.24) is 4.98 Å². The molecule has 2 aromatic carbocycles. The Hall–Kier alpha value is -3.54. The maximum atomic E-state index is 13.4. The van der Waals surface area contributed by atoms with E-state index in [0.717, 1.165) is 11.4 Å². The summed E-state index contributed by atoms with van der Waals surface area (Å²) in [6, 6.07) is 18.5. The maximum Gasteiger partial charge on any atom is 0.262 e. The average molecular weight is 361 g/mol. The van der Waals surface area contributed by atoms with Gasteiger partial charge in [-0.15, -0.1) is 0 Å². The van der Waals surface area contributed by atoms with Crippen LogP contribution in [0.5, 0.6) is 11.5 Å². The monoisotopic (exact) mass is 361 g/mol. The predicted molar refractivity (Wildman–Crippen MR) is 103 cm³/mol. The number of benzene rings is 2. The fourth-order valence-electron chi connectivity index (χ4n) is 3.23. The van der Waals surface area contributed by atoms with Gasteiger partial charge < -0.3 is 14.8 Å². The number of hydrogen-bond acceptors (Lipinski definition) is 5. The third-order valence-corrected chi connectivity index (χ3v) is 4.54. The number of anilines is 2. The number of methoxy groups -OCH3 is 2. The Labute approximate surface area is 157 Å². The van der Waals surface area contributed by atoms with Crippen LogP contribution in [0.1, 0.15) is 22.2 Å². The Bertz CT molecular complexity index is 975. The molecule has 0 saturated carbocycles. The summed E-state index contributed by atoms with van der Waals surface area (Å²) in [5.74, 6) is 1.08. The van der Waals surface area contributed by atoms with E-state index in [1.807, 2.05) is 48.5 Å². The molecule has 1 aliphatic heterocycles. The first-order chi connectivity index (χ1) is 13.2. The first-order valence-corrected chi connectivity index (χ1v) is 8.55. The Kier molecular flexibility index (Phi) is 4.38. The van der Waals surface area contributed by atoms with Crippen LogP contribution < -0.4 is 19.7 Å². The molecule has 3 aromatic rings. The van der Waals surface area contributed by atoms with E-state index < -0.39 is 6.17 Å². The van der Waals surface area contributed by atoms with Gasteiger partial charge in [-0.2, -0.15) is 0 Å². The third kappa shape index (κ3) is 2.95. The zero-order valence-corrected chi connectivity index (χ0v) is 15.0. The lowest BCUT2D eigenvalue weighted by Crippen LogP contribution is -2.43. The lowest BCUT2D eigenvalue weighted by molar-refractivity contribution is 0.0973. The number of nitrogens with zero attached hydrogens (tertiary/aromatic N) is 2. The molecule has 0 spiro atoms. The molecule has 1 amide bonds. The van der Waals surface area contributed by atoms with E-state index in [9.17, 15) is 4.79 Å². The van der Waals surface area contributed by atoms with Gasteiger partial charge in [0.1, 0.15) is 11.5 Å². The number of fused-ring (bicyclic) bond motifs is 1. The topological polar surface area (TPSA) is 63.7 Å². The average Bonchev–Trinajstić information content (AvgIpc) is 2.74. The van der Waals surface area contributed by atoms with Crippen molar-refractivity contribution < 1.29 is 14.3 Å². The zero-order chi connectivity index (χ0) is 18.8. The van der Waals surface area contributed by atoms with Crippen molar-refractivity contribution in [3.8, 4) is 11.5 Å². The van der Waals surface area contributed by atoms with Gasteiger partial charge in [-0.1, -0.05) is 18.2 Å². The van der Waals surface area contributed by atoms with Crippen molar-refractivity contribution in [2.24, 2.45) is 0 Å². The fourth-order valence-corrected chi connectivity index (χ4v) is 3.23. The number of pyridine rings is 1. The molecule has 1 unspecified atom stereocenters. The second kappa shape index (κ2) is 6.99. The quantitative estimate of drug-likeness (QED) is 0.764. The number of hydrogen-bond donors (Lipinski definition) is 1. The lowest BCUT2D eigenvalue weighted by Gasteiger charge is -2.38. The molecule has 1 atom stereocenters. The number of rotatable bonds is 4. The zero-order valence-electron chi connectivity index (χ0n) is 15.0. The molecule has 6 nitrogen and oxygen atoms in total. The maximum absolute atomic E-state index is 13.4. The summed E-state index contributed by atoms with van der Waals surface area (Å²) in [4.78, 5) is 19.5. The molecule has 1 N–H and O–H groups in total. The van der Waals surface area contributed by atoms with Crippen molar-refractivity contribution in [2.45, 2.75) is 6.17 Å². The molecule has 0 radical (unpaired) electrons. The highest BCUT2D eigenvalue weighted by Gasteiger charge is 2.36. The molecule has 4 rings (SSSR count). The number of para-hydroxylation sites is 1. The van der Waals surface area contributed by atoms with Crippen LogP contribution in [-0.2, 0) is 0 Å². The summed E-state index contributed by atoms with van der Waals surface area (Å²) in [7, 11) is 3.17. The largest absolute Gasteiger partial charge is 0.497 e. The van der Waals surface area contributed by atoms with E-state index >= 15 is 0 Å². The first kappa shape index (κ1) is 16.9. The van der Waals surface area contributed by atoms with Crippen LogP contribution in [0.15, 0.2) is 66.9 Å². The summed E-state index contributed by atoms with van der Waals surface area (Å²) in [6.07, 6.45) is 1.25. The molecule has 1 aromatic heterocycles. The van der Waals surface area contributed by atoms with Gasteiger partial charge >= 0.3 is 0 Å². The van der Waals surface area contributed by atoms with Gasteiger partial charge in [-0.25, -0.2) is 0 Å². The van der Waals surface area contributed by atoms with Crippen molar-refractivity contribution in [2.75, 3.05) is 24.4 Å². The van der Waals surface area contributed by atoms with Gasteiger partial charge in [0.05, 0.1) is 31.2 Å². The summed E-state index contributed by atoms with van der Waals surface area (Å²) < 4.78 is 10.8. The Morgan fingerprint density at radius 2 is 1.81 bits per heavy atom. The smallest absolute Gasteiger partial charge is 0.262 e. The van der Waals surface area contributed by atoms with Crippen LogP contribution in [0, 0.1) is 0 Å². The van der Waals surface area contributed by atoms with Gasteiger partial charge in [0.25, 0.3) is 5.91 Å². The minimum absolute atomic E-state index is 0.122. The van der Waals surface area contributed by atoms with Crippen molar-refractivity contribution in [3.05, 3.63) is 78.1 Å². The summed E-state index contributed by atoms with van der Waals surface area (Å²) >= 11 is 0. The van der Waals surface area contributed by atoms with E-state index in [0.29, 0.717) is 22.7 Å². The van der Waals surface area contributed by atoms with E-state index in [-0.39, 0.29) is 5.91 Å². The van der Waals surface area contributed by atoms with Crippen molar-refractivity contribution in [3.63, 3.8) is 0 Å². The standard InChI is InChI=1S/C21H19N3O3/c1-26-14-10-11-18(19(13-14)27-2)24-20(17-9-5-6-12-22-17)23-16-8-4-3-7-15(16)21(24)25/h3-13,20,23H,1-2H3. The van der Waals surface area contributed by atoms with Gasteiger partial charge in [0, 0.05) is 18.0 Å². The third-order valence-electron chi connectivity index (χ3n) is 4.54. The van der Waals surface area contributed by atoms with Crippen LogP contribution >= 0.6 is 0 Å². The summed E-state index contributed by atoms with van der Waals surface area (Å²) in [5.41, 5.74) is 2.75. The van der Waals surface area contributed by atoms with E-state index in [4.69, 9.17) is 9.47 Å². The van der Waals surface area contributed by atoms with Crippen LogP contribution in [-0.4, -0.2) is 25.1 Å². The van der Waals surface area contributed by atoms with Crippen LogP contribution in [0.4, 0.5) is 11.4 Å². The van der Waals surface area contributed by atoms with Crippen molar-refractivity contribution in [1.29, 1.82) is 0 Å². The van der Waals surface area contributed by atoms with E-state index in [2.05, 4.69) is 10.3 Å². The molecule has 27 heavy (non-hydrogen) atoms. The Balaban J connectivity index is 1.89. The second-order valence-corrected chi connectivity index (χ2v) is 6.06. The fraction of sp³-hybridized carbons (Fsp3) is 0.143. The minimum atomic E-state index is -0.462. The summed E-state index contributed by atoms with van der Waals surface area (Å²) in [5, 5.41) is 3.43. The Morgan fingerprint density at radius 1 is 1.00 bits per heavy atom. The molecule has 0 bridgehead atoms. The first-order valence-electron chi connectivity index (χ1n) is 8.55. The van der Waals surface area contributed by atoms with Gasteiger partial charge in [0.2, 0.25) is 0 Å². The highest BCUT2D eigenvalue weighted by molar-refractivity contribution is 6.12. The molecule has 0 fully saturated rings. The number of amides is 1. The Morgan fingerprint density at radius 3 is 2.56 bits per heavy atom. The van der Waals surface area contributed by atoms with E-state index in [1.165, 1.54) is 0 Å². The molecular formula is C21H19N3O3. The molecule has 2 heterocycles.